The highest BCUT2D eigenvalue weighted by molar-refractivity contribution is 5.92. The summed E-state index contributed by atoms with van der Waals surface area (Å²) in [5.41, 5.74) is 1.99. The number of aliphatic hydroxyl groups is 1. The summed E-state index contributed by atoms with van der Waals surface area (Å²) in [5, 5.41) is 15.1. The van der Waals surface area contributed by atoms with Gasteiger partial charge in [-0.1, -0.05) is 12.1 Å². The number of benzene rings is 1. The second kappa shape index (κ2) is 5.50. The third kappa shape index (κ3) is 3.55. The van der Waals surface area contributed by atoms with Crippen molar-refractivity contribution in [3.63, 3.8) is 0 Å². The second-order valence-electron chi connectivity index (χ2n) is 5.18. The van der Waals surface area contributed by atoms with Gasteiger partial charge < -0.3 is 15.7 Å². The molecule has 0 bridgehead atoms. The van der Waals surface area contributed by atoms with Crippen LogP contribution in [-0.2, 0) is 4.79 Å². The van der Waals surface area contributed by atoms with Gasteiger partial charge in [0.15, 0.2) is 0 Å². The van der Waals surface area contributed by atoms with Gasteiger partial charge in [-0.05, 0) is 37.5 Å². The van der Waals surface area contributed by atoms with Crippen molar-refractivity contribution in [2.24, 2.45) is 5.41 Å². The minimum absolute atomic E-state index is 0.0453. The van der Waals surface area contributed by atoms with E-state index in [2.05, 4.69) is 10.6 Å². The number of amides is 1. The average Bonchev–Trinajstić information content (AvgIpc) is 3.10. The lowest BCUT2D eigenvalue weighted by Gasteiger charge is -2.12. The van der Waals surface area contributed by atoms with E-state index in [1.165, 1.54) is 0 Å². The fraction of sp³-hybridized carbons (Fsp3) is 0.500. The van der Waals surface area contributed by atoms with Crippen LogP contribution >= 0.6 is 0 Å². The van der Waals surface area contributed by atoms with Crippen LogP contribution in [0.15, 0.2) is 24.3 Å². The molecule has 0 spiro atoms. The maximum atomic E-state index is 11.7. The number of aryl methyl sites for hydroxylation is 1. The first kappa shape index (κ1) is 13.1. The Morgan fingerprint density at radius 3 is 2.83 bits per heavy atom. The molecule has 0 atom stereocenters. The Kier molecular flexibility index (Phi) is 3.99. The normalized spacial score (nSPS) is 16.3. The Morgan fingerprint density at radius 2 is 2.22 bits per heavy atom. The van der Waals surface area contributed by atoms with Gasteiger partial charge in [-0.25, -0.2) is 0 Å². The molecule has 4 heteroatoms. The Hall–Kier alpha value is -1.39. The van der Waals surface area contributed by atoms with Crippen LogP contribution in [0.1, 0.15) is 18.4 Å². The van der Waals surface area contributed by atoms with Crippen molar-refractivity contribution in [2.75, 3.05) is 25.0 Å². The molecule has 1 fully saturated rings. The molecule has 1 aromatic rings. The lowest BCUT2D eigenvalue weighted by molar-refractivity contribution is -0.115. The predicted molar refractivity (Wildman–Crippen MR) is 71.4 cm³/mol. The molecule has 1 aliphatic carbocycles. The molecule has 1 saturated carbocycles. The van der Waals surface area contributed by atoms with Crippen LogP contribution < -0.4 is 10.6 Å². The molecule has 1 amide bonds. The van der Waals surface area contributed by atoms with Crippen LogP contribution in [-0.4, -0.2) is 30.7 Å². The van der Waals surface area contributed by atoms with Gasteiger partial charge in [-0.3, -0.25) is 4.79 Å². The van der Waals surface area contributed by atoms with Crippen LogP contribution in [0.25, 0.3) is 0 Å². The highest BCUT2D eigenvalue weighted by Gasteiger charge is 2.41. The van der Waals surface area contributed by atoms with E-state index in [9.17, 15) is 4.79 Å². The lowest BCUT2D eigenvalue weighted by atomic mass is 10.1. The van der Waals surface area contributed by atoms with E-state index in [-0.39, 0.29) is 24.5 Å². The van der Waals surface area contributed by atoms with Gasteiger partial charge in [0, 0.05) is 24.3 Å². The maximum absolute atomic E-state index is 11.7. The molecule has 0 aromatic heterocycles. The van der Waals surface area contributed by atoms with Gasteiger partial charge in [0.25, 0.3) is 0 Å². The van der Waals surface area contributed by atoms with Crippen molar-refractivity contribution >= 4 is 11.6 Å². The Morgan fingerprint density at radius 1 is 1.44 bits per heavy atom. The minimum Gasteiger partial charge on any atom is -0.396 e. The number of carbonyl (C=O) groups excluding carboxylic acids is 1. The number of carbonyl (C=O) groups is 1. The maximum Gasteiger partial charge on any atom is 0.238 e. The monoisotopic (exact) mass is 248 g/mol. The fourth-order valence-corrected chi connectivity index (χ4v) is 1.94. The highest BCUT2D eigenvalue weighted by Crippen LogP contribution is 2.44. The summed E-state index contributed by atoms with van der Waals surface area (Å²) in [6.45, 7) is 3.20. The predicted octanol–water partition coefficient (Wildman–Crippen LogP) is 1.30. The Balaban J connectivity index is 1.72. The molecule has 1 aromatic carbocycles. The average molecular weight is 248 g/mol. The van der Waals surface area contributed by atoms with E-state index in [1.807, 2.05) is 31.2 Å². The van der Waals surface area contributed by atoms with Crippen molar-refractivity contribution in [1.82, 2.24) is 5.32 Å². The molecule has 0 radical (unpaired) electrons. The second-order valence-corrected chi connectivity index (χ2v) is 5.18. The third-order valence-electron chi connectivity index (χ3n) is 3.38. The van der Waals surface area contributed by atoms with Crippen molar-refractivity contribution in [1.29, 1.82) is 0 Å². The summed E-state index contributed by atoms with van der Waals surface area (Å²) in [6, 6.07) is 7.73. The van der Waals surface area contributed by atoms with Crippen molar-refractivity contribution in [3.8, 4) is 0 Å². The largest absolute Gasteiger partial charge is 0.396 e. The lowest BCUT2D eigenvalue weighted by Crippen LogP contribution is -2.33. The van der Waals surface area contributed by atoms with Crippen LogP contribution in [0, 0.1) is 12.3 Å². The third-order valence-corrected chi connectivity index (χ3v) is 3.38. The molecule has 0 unspecified atom stereocenters. The molecule has 3 N–H and O–H groups in total. The summed E-state index contributed by atoms with van der Waals surface area (Å²) in [5.74, 6) is -0.0469. The molecule has 98 valence electrons. The van der Waals surface area contributed by atoms with Gasteiger partial charge in [0.1, 0.15) is 0 Å². The quantitative estimate of drug-likeness (QED) is 0.711. The number of hydrogen-bond acceptors (Lipinski definition) is 3. The van der Waals surface area contributed by atoms with Crippen LogP contribution in [0.2, 0.25) is 0 Å². The van der Waals surface area contributed by atoms with Crippen molar-refractivity contribution < 1.29 is 9.90 Å². The minimum atomic E-state index is -0.0469. The Bertz CT molecular complexity index is 428. The molecular formula is C14H20N2O2. The molecular weight excluding hydrogens is 228 g/mol. The molecule has 18 heavy (non-hydrogen) atoms. The zero-order valence-electron chi connectivity index (χ0n) is 10.7. The number of aliphatic hydroxyl groups excluding tert-OH is 1. The van der Waals surface area contributed by atoms with E-state index < -0.39 is 0 Å². The van der Waals surface area contributed by atoms with Gasteiger partial charge >= 0.3 is 0 Å². The smallest absolute Gasteiger partial charge is 0.238 e. The molecule has 0 heterocycles. The first-order chi connectivity index (χ1) is 8.63. The summed E-state index contributed by atoms with van der Waals surface area (Å²) < 4.78 is 0. The van der Waals surface area contributed by atoms with Crippen LogP contribution in [0.5, 0.6) is 0 Å². The van der Waals surface area contributed by atoms with Gasteiger partial charge in [0.2, 0.25) is 5.91 Å². The van der Waals surface area contributed by atoms with Gasteiger partial charge in [-0.15, -0.1) is 0 Å². The SMILES string of the molecule is Cc1cccc(NC(=O)CNCC2(CO)CC2)c1. The summed E-state index contributed by atoms with van der Waals surface area (Å²) in [4.78, 5) is 11.7. The van der Waals surface area contributed by atoms with Crippen LogP contribution in [0.4, 0.5) is 5.69 Å². The molecule has 2 rings (SSSR count). The Labute approximate surface area is 107 Å². The number of nitrogens with one attached hydrogen (secondary N) is 2. The van der Waals surface area contributed by atoms with E-state index in [0.717, 1.165) is 24.1 Å². The first-order valence-corrected chi connectivity index (χ1v) is 6.32. The zero-order chi connectivity index (χ0) is 13.0. The van der Waals surface area contributed by atoms with Crippen LogP contribution in [0.3, 0.4) is 0 Å². The zero-order valence-corrected chi connectivity index (χ0v) is 10.7. The molecule has 1 aliphatic rings. The first-order valence-electron chi connectivity index (χ1n) is 6.32. The molecule has 0 saturated heterocycles. The van der Waals surface area contributed by atoms with Crippen molar-refractivity contribution in [3.05, 3.63) is 29.8 Å². The van der Waals surface area contributed by atoms with Gasteiger partial charge in [0.05, 0.1) is 6.54 Å². The standard InChI is InChI=1S/C14H20N2O2/c1-11-3-2-4-12(7-11)16-13(18)8-15-9-14(10-17)5-6-14/h2-4,7,15,17H,5-6,8-10H2,1H3,(H,16,18). The number of rotatable bonds is 6. The van der Waals surface area contributed by atoms with E-state index >= 15 is 0 Å². The van der Waals surface area contributed by atoms with E-state index in [0.29, 0.717) is 6.54 Å². The number of anilines is 1. The van der Waals surface area contributed by atoms with E-state index in [4.69, 9.17) is 5.11 Å². The van der Waals surface area contributed by atoms with Crippen molar-refractivity contribution in [2.45, 2.75) is 19.8 Å². The molecule has 4 nitrogen and oxygen atoms in total. The highest BCUT2D eigenvalue weighted by atomic mass is 16.3. The summed E-state index contributed by atoms with van der Waals surface area (Å²) >= 11 is 0. The summed E-state index contributed by atoms with van der Waals surface area (Å²) in [7, 11) is 0. The topological polar surface area (TPSA) is 61.4 Å². The molecule has 0 aliphatic heterocycles. The van der Waals surface area contributed by atoms with Gasteiger partial charge in [-0.2, -0.15) is 0 Å². The van der Waals surface area contributed by atoms with E-state index in [1.54, 1.807) is 0 Å². The fourth-order valence-electron chi connectivity index (χ4n) is 1.94. The summed E-state index contributed by atoms with van der Waals surface area (Å²) in [6.07, 6.45) is 2.10. The number of hydrogen-bond donors (Lipinski definition) is 3.